The van der Waals surface area contributed by atoms with E-state index in [1.165, 1.54) is 0 Å². The highest BCUT2D eigenvalue weighted by molar-refractivity contribution is 5.02. The van der Waals surface area contributed by atoms with Gasteiger partial charge in [0.15, 0.2) is 0 Å². The molecule has 1 rings (SSSR count). The zero-order valence-corrected chi connectivity index (χ0v) is 11.1. The van der Waals surface area contributed by atoms with Crippen LogP contribution in [0.4, 0.5) is 0 Å². The standard InChI is InChI=1S/C12H24N4O/c1-4-8-16-12(10-14-15-16)11(13-5-2)7-9-17-6-3/h10-11,13H,4-9H2,1-3H3. The van der Waals surface area contributed by atoms with Crippen molar-refractivity contribution in [3.8, 4) is 0 Å². The number of hydrogen-bond donors (Lipinski definition) is 1. The summed E-state index contributed by atoms with van der Waals surface area (Å²) in [6, 6.07) is 0.285. The molecule has 0 aliphatic carbocycles. The highest BCUT2D eigenvalue weighted by Gasteiger charge is 2.15. The molecule has 0 fully saturated rings. The summed E-state index contributed by atoms with van der Waals surface area (Å²) in [4.78, 5) is 0. The van der Waals surface area contributed by atoms with Gasteiger partial charge in [-0.1, -0.05) is 19.1 Å². The first-order valence-electron chi connectivity index (χ1n) is 6.52. The van der Waals surface area contributed by atoms with Gasteiger partial charge in [0.2, 0.25) is 0 Å². The number of rotatable bonds is 9. The van der Waals surface area contributed by atoms with E-state index in [0.717, 1.165) is 44.8 Å². The van der Waals surface area contributed by atoms with Gasteiger partial charge >= 0.3 is 0 Å². The van der Waals surface area contributed by atoms with Gasteiger partial charge < -0.3 is 10.1 Å². The molecule has 1 atom stereocenters. The summed E-state index contributed by atoms with van der Waals surface area (Å²) >= 11 is 0. The second kappa shape index (κ2) is 8.20. The predicted octanol–water partition coefficient (Wildman–Crippen LogP) is 1.77. The number of ether oxygens (including phenoxy) is 1. The van der Waals surface area contributed by atoms with Gasteiger partial charge in [-0.3, -0.25) is 0 Å². The van der Waals surface area contributed by atoms with Gasteiger partial charge in [0, 0.05) is 19.8 Å². The second-order valence-corrected chi connectivity index (χ2v) is 3.98. The van der Waals surface area contributed by atoms with E-state index in [1.807, 2.05) is 17.8 Å². The van der Waals surface area contributed by atoms with Gasteiger partial charge in [-0.15, -0.1) is 5.10 Å². The van der Waals surface area contributed by atoms with E-state index in [0.29, 0.717) is 0 Å². The molecule has 1 unspecified atom stereocenters. The fourth-order valence-corrected chi connectivity index (χ4v) is 1.87. The van der Waals surface area contributed by atoms with Crippen LogP contribution in [0.1, 0.15) is 45.3 Å². The third-order valence-electron chi connectivity index (χ3n) is 2.65. The summed E-state index contributed by atoms with van der Waals surface area (Å²) < 4.78 is 7.40. The highest BCUT2D eigenvalue weighted by atomic mass is 16.5. The zero-order chi connectivity index (χ0) is 12.5. The molecule has 0 saturated carbocycles. The lowest BCUT2D eigenvalue weighted by atomic mass is 10.1. The normalized spacial score (nSPS) is 12.9. The van der Waals surface area contributed by atoms with Crippen LogP contribution in [-0.2, 0) is 11.3 Å². The zero-order valence-electron chi connectivity index (χ0n) is 11.1. The molecule has 1 aromatic rings. The molecule has 17 heavy (non-hydrogen) atoms. The monoisotopic (exact) mass is 240 g/mol. The van der Waals surface area contributed by atoms with Crippen LogP contribution in [-0.4, -0.2) is 34.8 Å². The highest BCUT2D eigenvalue weighted by Crippen LogP contribution is 2.15. The number of aromatic nitrogens is 3. The van der Waals surface area contributed by atoms with Crippen LogP contribution < -0.4 is 5.32 Å². The van der Waals surface area contributed by atoms with Crippen molar-refractivity contribution in [2.45, 2.75) is 46.2 Å². The minimum absolute atomic E-state index is 0.285. The van der Waals surface area contributed by atoms with Crippen molar-refractivity contribution < 1.29 is 4.74 Å². The Kier molecular flexibility index (Phi) is 6.81. The average Bonchev–Trinajstić information content (AvgIpc) is 2.77. The van der Waals surface area contributed by atoms with Gasteiger partial charge in [-0.25, -0.2) is 4.68 Å². The third kappa shape index (κ3) is 4.44. The van der Waals surface area contributed by atoms with E-state index >= 15 is 0 Å². The van der Waals surface area contributed by atoms with Crippen LogP contribution in [0.25, 0.3) is 0 Å². The Morgan fingerprint density at radius 1 is 1.41 bits per heavy atom. The number of hydrogen-bond acceptors (Lipinski definition) is 4. The molecule has 5 heteroatoms. The number of aryl methyl sites for hydroxylation is 1. The average molecular weight is 240 g/mol. The lowest BCUT2D eigenvalue weighted by Gasteiger charge is -2.18. The Labute approximate surface area is 104 Å². The first-order valence-corrected chi connectivity index (χ1v) is 6.52. The van der Waals surface area contributed by atoms with Crippen LogP contribution in [0.15, 0.2) is 6.20 Å². The molecule has 1 N–H and O–H groups in total. The topological polar surface area (TPSA) is 52.0 Å². The minimum Gasteiger partial charge on any atom is -0.382 e. The van der Waals surface area contributed by atoms with E-state index in [9.17, 15) is 0 Å². The first kappa shape index (κ1) is 14.1. The Hall–Kier alpha value is -0.940. The van der Waals surface area contributed by atoms with Crippen LogP contribution in [0.3, 0.4) is 0 Å². The van der Waals surface area contributed by atoms with Crippen molar-refractivity contribution >= 4 is 0 Å². The number of nitrogens with one attached hydrogen (secondary N) is 1. The van der Waals surface area contributed by atoms with Crippen LogP contribution in [0.5, 0.6) is 0 Å². The molecule has 0 amide bonds. The minimum atomic E-state index is 0.285. The third-order valence-corrected chi connectivity index (χ3v) is 2.65. The molecule has 0 spiro atoms. The van der Waals surface area contributed by atoms with Crippen LogP contribution >= 0.6 is 0 Å². The molecule has 5 nitrogen and oxygen atoms in total. The molecular weight excluding hydrogens is 216 g/mol. The van der Waals surface area contributed by atoms with Crippen molar-refractivity contribution in [3.63, 3.8) is 0 Å². The fourth-order valence-electron chi connectivity index (χ4n) is 1.87. The molecule has 98 valence electrons. The smallest absolute Gasteiger partial charge is 0.0757 e. The Morgan fingerprint density at radius 2 is 2.24 bits per heavy atom. The largest absolute Gasteiger partial charge is 0.382 e. The Morgan fingerprint density at radius 3 is 2.88 bits per heavy atom. The fraction of sp³-hybridized carbons (Fsp3) is 0.833. The molecule has 0 radical (unpaired) electrons. The Balaban J connectivity index is 2.63. The van der Waals surface area contributed by atoms with Crippen molar-refractivity contribution in [1.82, 2.24) is 20.3 Å². The van der Waals surface area contributed by atoms with Gasteiger partial charge in [-0.05, 0) is 26.3 Å². The van der Waals surface area contributed by atoms with E-state index < -0.39 is 0 Å². The van der Waals surface area contributed by atoms with E-state index in [1.54, 1.807) is 0 Å². The molecular formula is C12H24N4O. The second-order valence-electron chi connectivity index (χ2n) is 3.98. The first-order chi connectivity index (χ1) is 8.33. The Bertz CT molecular complexity index is 300. The molecule has 0 aliphatic rings. The summed E-state index contributed by atoms with van der Waals surface area (Å²) in [5.41, 5.74) is 1.16. The maximum Gasteiger partial charge on any atom is 0.0757 e. The van der Waals surface area contributed by atoms with Crippen molar-refractivity contribution in [3.05, 3.63) is 11.9 Å². The van der Waals surface area contributed by atoms with Crippen molar-refractivity contribution in [2.24, 2.45) is 0 Å². The van der Waals surface area contributed by atoms with Crippen LogP contribution in [0.2, 0.25) is 0 Å². The van der Waals surface area contributed by atoms with Gasteiger partial charge in [0.1, 0.15) is 0 Å². The summed E-state index contributed by atoms with van der Waals surface area (Å²) in [6.45, 7) is 9.68. The predicted molar refractivity (Wildman–Crippen MR) is 67.8 cm³/mol. The molecule has 0 bridgehead atoms. The summed E-state index contributed by atoms with van der Waals surface area (Å²) in [5.74, 6) is 0. The number of nitrogens with zero attached hydrogens (tertiary/aromatic N) is 3. The van der Waals surface area contributed by atoms with Crippen molar-refractivity contribution in [1.29, 1.82) is 0 Å². The molecule has 0 saturated heterocycles. The lowest BCUT2D eigenvalue weighted by molar-refractivity contribution is 0.135. The lowest BCUT2D eigenvalue weighted by Crippen LogP contribution is -2.25. The van der Waals surface area contributed by atoms with E-state index in [-0.39, 0.29) is 6.04 Å². The molecule has 1 heterocycles. The van der Waals surface area contributed by atoms with Gasteiger partial charge in [-0.2, -0.15) is 0 Å². The summed E-state index contributed by atoms with van der Waals surface area (Å²) in [7, 11) is 0. The SMILES string of the molecule is CCCn1nncc1C(CCOCC)NCC. The maximum absolute atomic E-state index is 5.42. The van der Waals surface area contributed by atoms with E-state index in [2.05, 4.69) is 29.5 Å². The van der Waals surface area contributed by atoms with Gasteiger partial charge in [0.25, 0.3) is 0 Å². The van der Waals surface area contributed by atoms with Crippen LogP contribution in [0, 0.1) is 0 Å². The summed E-state index contributed by atoms with van der Waals surface area (Å²) in [5, 5.41) is 11.6. The van der Waals surface area contributed by atoms with Gasteiger partial charge in [0.05, 0.1) is 17.9 Å². The van der Waals surface area contributed by atoms with Crippen molar-refractivity contribution in [2.75, 3.05) is 19.8 Å². The molecule has 1 aromatic heterocycles. The molecule has 0 aliphatic heterocycles. The maximum atomic E-state index is 5.42. The van der Waals surface area contributed by atoms with E-state index in [4.69, 9.17) is 4.74 Å². The summed E-state index contributed by atoms with van der Waals surface area (Å²) in [6.07, 6.45) is 3.88. The molecule has 0 aromatic carbocycles. The quantitative estimate of drug-likeness (QED) is 0.668.